The third-order valence-corrected chi connectivity index (χ3v) is 3.83. The van der Waals surface area contributed by atoms with Crippen molar-refractivity contribution in [3.63, 3.8) is 0 Å². The van der Waals surface area contributed by atoms with E-state index in [1.54, 1.807) is 0 Å². The van der Waals surface area contributed by atoms with Crippen LogP contribution >= 0.6 is 0 Å². The number of halogens is 1. The third kappa shape index (κ3) is 5.73. The maximum atomic E-state index is 13.1. The van der Waals surface area contributed by atoms with Crippen molar-refractivity contribution in [2.45, 2.75) is 38.8 Å². The van der Waals surface area contributed by atoms with E-state index >= 15 is 0 Å². The summed E-state index contributed by atoms with van der Waals surface area (Å²) in [6, 6.07) is 7.02. The molecule has 0 aliphatic carbocycles. The number of nitrogens with one attached hydrogen (secondary N) is 1. The summed E-state index contributed by atoms with van der Waals surface area (Å²) in [5.74, 6) is 0.361. The number of rotatable bonds is 7. The van der Waals surface area contributed by atoms with Crippen LogP contribution in [0.25, 0.3) is 0 Å². The van der Waals surface area contributed by atoms with E-state index < -0.39 is 0 Å². The van der Waals surface area contributed by atoms with Gasteiger partial charge < -0.3 is 14.8 Å². The van der Waals surface area contributed by atoms with Crippen molar-refractivity contribution in [1.29, 1.82) is 0 Å². The van der Waals surface area contributed by atoms with Gasteiger partial charge in [-0.1, -0.05) is 26.0 Å². The van der Waals surface area contributed by atoms with Crippen molar-refractivity contribution in [2.75, 3.05) is 26.4 Å². The molecular weight excluding hydrogens is 269 g/mol. The lowest BCUT2D eigenvalue weighted by Gasteiger charge is -2.26. The molecule has 3 nitrogen and oxygen atoms in total. The van der Waals surface area contributed by atoms with Crippen LogP contribution in [0.4, 0.5) is 4.39 Å². The fourth-order valence-electron chi connectivity index (χ4n) is 2.46. The predicted octanol–water partition coefficient (Wildman–Crippen LogP) is 3.31. The molecule has 0 bridgehead atoms. The summed E-state index contributed by atoms with van der Waals surface area (Å²) >= 11 is 0. The van der Waals surface area contributed by atoms with Gasteiger partial charge in [-0.15, -0.1) is 0 Å². The first-order valence-corrected chi connectivity index (χ1v) is 7.83. The Morgan fingerprint density at radius 2 is 1.90 bits per heavy atom. The third-order valence-electron chi connectivity index (χ3n) is 3.83. The lowest BCUT2D eigenvalue weighted by atomic mass is 10.0. The predicted molar refractivity (Wildman–Crippen MR) is 81.8 cm³/mol. The summed E-state index contributed by atoms with van der Waals surface area (Å²) in [6.45, 7) is 7.37. The van der Waals surface area contributed by atoms with Crippen LogP contribution in [0.5, 0.6) is 0 Å². The van der Waals surface area contributed by atoms with E-state index in [9.17, 15) is 4.39 Å². The Bertz CT molecular complexity index is 402. The van der Waals surface area contributed by atoms with Crippen LogP contribution in [0.2, 0.25) is 0 Å². The van der Waals surface area contributed by atoms with Crippen molar-refractivity contribution in [3.05, 3.63) is 35.6 Å². The van der Waals surface area contributed by atoms with Crippen LogP contribution in [0, 0.1) is 11.7 Å². The lowest BCUT2D eigenvalue weighted by Crippen LogP contribution is -2.30. The van der Waals surface area contributed by atoms with Crippen molar-refractivity contribution in [3.8, 4) is 0 Å². The number of ether oxygens (including phenoxy) is 2. The fourth-order valence-corrected chi connectivity index (χ4v) is 2.46. The molecule has 1 aromatic rings. The molecule has 4 heteroatoms. The van der Waals surface area contributed by atoms with Gasteiger partial charge in [0.25, 0.3) is 0 Å². The molecule has 1 saturated heterocycles. The summed E-state index contributed by atoms with van der Waals surface area (Å²) in [5, 5.41) is 3.40. The van der Waals surface area contributed by atoms with Gasteiger partial charge in [-0.25, -0.2) is 4.39 Å². The largest absolute Gasteiger partial charge is 0.381 e. The molecule has 21 heavy (non-hydrogen) atoms. The minimum absolute atomic E-state index is 0.0316. The Balaban J connectivity index is 1.92. The Morgan fingerprint density at radius 1 is 1.24 bits per heavy atom. The van der Waals surface area contributed by atoms with E-state index in [-0.39, 0.29) is 11.9 Å². The smallest absolute Gasteiger partial charge is 0.123 e. The van der Waals surface area contributed by atoms with Crippen molar-refractivity contribution in [1.82, 2.24) is 5.32 Å². The average Bonchev–Trinajstić information content (AvgIpc) is 2.49. The van der Waals surface area contributed by atoms with E-state index in [4.69, 9.17) is 9.47 Å². The van der Waals surface area contributed by atoms with E-state index in [1.807, 2.05) is 12.1 Å². The molecule has 2 rings (SSSR count). The summed E-state index contributed by atoms with van der Waals surface area (Å²) in [5.41, 5.74) is 1.02. The molecular formula is C17H26FNO2. The van der Waals surface area contributed by atoms with Crippen molar-refractivity contribution in [2.24, 2.45) is 5.92 Å². The second-order valence-corrected chi connectivity index (χ2v) is 5.99. The Morgan fingerprint density at radius 3 is 2.52 bits per heavy atom. The van der Waals surface area contributed by atoms with E-state index in [0.717, 1.165) is 44.8 Å². The first-order valence-electron chi connectivity index (χ1n) is 7.83. The summed E-state index contributed by atoms with van der Waals surface area (Å²) in [7, 11) is 0. The zero-order valence-corrected chi connectivity index (χ0v) is 13.0. The van der Waals surface area contributed by atoms with Crippen LogP contribution in [0.1, 0.15) is 38.4 Å². The molecule has 0 aromatic heterocycles. The first kappa shape index (κ1) is 16.4. The second-order valence-electron chi connectivity index (χ2n) is 5.99. The second kappa shape index (κ2) is 8.47. The van der Waals surface area contributed by atoms with Gasteiger partial charge in [0.05, 0.1) is 12.7 Å². The first-order chi connectivity index (χ1) is 10.1. The molecule has 1 aliphatic rings. The zero-order chi connectivity index (χ0) is 15.1. The molecule has 1 unspecified atom stereocenters. The van der Waals surface area contributed by atoms with Crippen LogP contribution < -0.4 is 5.32 Å². The van der Waals surface area contributed by atoms with Gasteiger partial charge in [0.15, 0.2) is 0 Å². The van der Waals surface area contributed by atoms with Gasteiger partial charge in [0.1, 0.15) is 5.82 Å². The van der Waals surface area contributed by atoms with Gasteiger partial charge in [0.2, 0.25) is 0 Å². The lowest BCUT2D eigenvalue weighted by molar-refractivity contribution is -0.0119. The van der Waals surface area contributed by atoms with Crippen molar-refractivity contribution >= 4 is 0 Å². The zero-order valence-electron chi connectivity index (χ0n) is 13.0. The maximum absolute atomic E-state index is 13.1. The molecule has 1 atom stereocenters. The minimum Gasteiger partial charge on any atom is -0.381 e. The molecule has 1 aliphatic heterocycles. The molecule has 0 amide bonds. The molecule has 1 N–H and O–H groups in total. The van der Waals surface area contributed by atoms with Crippen LogP contribution in [0.3, 0.4) is 0 Å². The summed E-state index contributed by atoms with van der Waals surface area (Å²) < 4.78 is 24.6. The maximum Gasteiger partial charge on any atom is 0.123 e. The van der Waals surface area contributed by atoms with Gasteiger partial charge in [-0.2, -0.15) is 0 Å². The standard InChI is InChI=1S/C17H26FNO2/c1-13(2)19-11-17(15-3-5-16(18)6-4-15)21-12-14-7-9-20-10-8-14/h3-6,13-14,17,19H,7-12H2,1-2H3. The molecule has 118 valence electrons. The number of hydrogen-bond acceptors (Lipinski definition) is 3. The summed E-state index contributed by atoms with van der Waals surface area (Å²) in [4.78, 5) is 0. The SMILES string of the molecule is CC(C)NCC(OCC1CCOCC1)c1ccc(F)cc1. The Kier molecular flexibility index (Phi) is 6.61. The topological polar surface area (TPSA) is 30.5 Å². The van der Waals surface area contributed by atoms with E-state index in [1.165, 1.54) is 12.1 Å². The molecule has 0 radical (unpaired) electrons. The van der Waals surface area contributed by atoms with Gasteiger partial charge in [0, 0.05) is 25.8 Å². The highest BCUT2D eigenvalue weighted by Crippen LogP contribution is 2.22. The average molecular weight is 295 g/mol. The van der Waals surface area contributed by atoms with Gasteiger partial charge >= 0.3 is 0 Å². The molecule has 1 aromatic carbocycles. The Labute approximate surface area is 126 Å². The van der Waals surface area contributed by atoms with Crippen LogP contribution in [-0.4, -0.2) is 32.4 Å². The molecule has 1 heterocycles. The molecule has 0 spiro atoms. The van der Waals surface area contributed by atoms with Crippen LogP contribution in [0.15, 0.2) is 24.3 Å². The number of benzene rings is 1. The van der Waals surface area contributed by atoms with E-state index in [2.05, 4.69) is 19.2 Å². The summed E-state index contributed by atoms with van der Waals surface area (Å²) in [6.07, 6.45) is 2.09. The monoisotopic (exact) mass is 295 g/mol. The van der Waals surface area contributed by atoms with E-state index in [0.29, 0.717) is 12.0 Å². The quantitative estimate of drug-likeness (QED) is 0.837. The fraction of sp³-hybridized carbons (Fsp3) is 0.647. The normalized spacial score (nSPS) is 18.1. The van der Waals surface area contributed by atoms with Gasteiger partial charge in [-0.05, 0) is 36.5 Å². The number of hydrogen-bond donors (Lipinski definition) is 1. The highest BCUT2D eigenvalue weighted by atomic mass is 19.1. The van der Waals surface area contributed by atoms with Gasteiger partial charge in [-0.3, -0.25) is 0 Å². The molecule has 0 saturated carbocycles. The minimum atomic E-state index is -0.209. The van der Waals surface area contributed by atoms with Crippen LogP contribution in [-0.2, 0) is 9.47 Å². The molecule has 1 fully saturated rings. The Hall–Kier alpha value is -0.970. The van der Waals surface area contributed by atoms with Crippen molar-refractivity contribution < 1.29 is 13.9 Å². The highest BCUT2D eigenvalue weighted by Gasteiger charge is 2.18. The highest BCUT2D eigenvalue weighted by molar-refractivity contribution is 5.19.